The quantitative estimate of drug-likeness (QED) is 0.640. The number of carbonyl (C=O) groups excluding carboxylic acids is 1. The van der Waals surface area contributed by atoms with Gasteiger partial charge < -0.3 is 14.8 Å². The first-order chi connectivity index (χ1) is 7.86. The lowest BCUT2D eigenvalue weighted by Crippen LogP contribution is -2.23. The molecule has 90 valence electrons. The van der Waals surface area contributed by atoms with E-state index < -0.39 is 0 Å². The second-order valence-electron chi connectivity index (χ2n) is 4.06. The fourth-order valence-electron chi connectivity index (χ4n) is 1.75. The smallest absolute Gasteiger partial charge is 0.120 e. The first-order valence-corrected chi connectivity index (χ1v) is 5.94. The minimum absolute atomic E-state index is 0.409. The van der Waals surface area contributed by atoms with Gasteiger partial charge in [0.15, 0.2) is 0 Å². The molecule has 0 saturated heterocycles. The molecule has 0 amide bonds. The predicted octanol–water partition coefficient (Wildman–Crippen LogP) is 2.05. The van der Waals surface area contributed by atoms with E-state index in [4.69, 9.17) is 4.74 Å². The normalized spacial score (nSPS) is 16.7. The maximum Gasteiger partial charge on any atom is 0.120 e. The van der Waals surface area contributed by atoms with Crippen molar-refractivity contribution in [3.8, 4) is 0 Å². The van der Waals surface area contributed by atoms with Crippen molar-refractivity contribution in [1.82, 2.24) is 5.32 Å². The van der Waals surface area contributed by atoms with E-state index in [1.807, 2.05) is 13.1 Å². The summed E-state index contributed by atoms with van der Waals surface area (Å²) in [6.45, 7) is 1.58. The molecule has 0 aromatic carbocycles. The van der Waals surface area contributed by atoms with Crippen LogP contribution in [0.1, 0.15) is 25.7 Å². The zero-order valence-corrected chi connectivity index (χ0v) is 9.95. The molecule has 1 rings (SSSR count). The van der Waals surface area contributed by atoms with Crippen LogP contribution in [-0.2, 0) is 9.53 Å². The average molecular weight is 223 g/mol. The highest BCUT2D eigenvalue weighted by molar-refractivity contribution is 5.49. The summed E-state index contributed by atoms with van der Waals surface area (Å²) >= 11 is 0. The Bertz CT molecular complexity index is 259. The van der Waals surface area contributed by atoms with Crippen LogP contribution in [0.4, 0.5) is 0 Å². The molecule has 16 heavy (non-hydrogen) atoms. The van der Waals surface area contributed by atoms with Crippen LogP contribution in [0.2, 0.25) is 0 Å². The van der Waals surface area contributed by atoms with Crippen molar-refractivity contribution in [2.45, 2.75) is 25.7 Å². The van der Waals surface area contributed by atoms with Gasteiger partial charge in [0.25, 0.3) is 0 Å². The van der Waals surface area contributed by atoms with Gasteiger partial charge in [0.1, 0.15) is 12.0 Å². The summed E-state index contributed by atoms with van der Waals surface area (Å²) in [6, 6.07) is 0. The fourth-order valence-corrected chi connectivity index (χ4v) is 1.75. The van der Waals surface area contributed by atoms with Crippen LogP contribution in [0, 0.1) is 5.92 Å². The van der Waals surface area contributed by atoms with Crippen molar-refractivity contribution in [2.75, 3.05) is 20.2 Å². The molecule has 0 heterocycles. The summed E-state index contributed by atoms with van der Waals surface area (Å²) < 4.78 is 5.71. The second-order valence-corrected chi connectivity index (χ2v) is 4.06. The Hall–Kier alpha value is -1.09. The van der Waals surface area contributed by atoms with E-state index in [1.165, 1.54) is 0 Å². The van der Waals surface area contributed by atoms with Gasteiger partial charge in [0.05, 0.1) is 6.61 Å². The number of hydrogen-bond acceptors (Lipinski definition) is 3. The Morgan fingerprint density at radius 3 is 3.06 bits per heavy atom. The molecule has 1 N–H and O–H groups in total. The molecule has 0 aliphatic heterocycles. The third kappa shape index (κ3) is 5.12. The number of nitrogens with one attached hydrogen (secondary N) is 1. The van der Waals surface area contributed by atoms with Gasteiger partial charge in [-0.15, -0.1) is 0 Å². The minimum atomic E-state index is 0.409. The van der Waals surface area contributed by atoms with Crippen molar-refractivity contribution in [2.24, 2.45) is 5.92 Å². The van der Waals surface area contributed by atoms with Gasteiger partial charge in [0, 0.05) is 18.9 Å². The van der Waals surface area contributed by atoms with Crippen molar-refractivity contribution in [3.63, 3.8) is 0 Å². The van der Waals surface area contributed by atoms with Crippen LogP contribution < -0.4 is 5.32 Å². The molecule has 0 saturated carbocycles. The summed E-state index contributed by atoms with van der Waals surface area (Å²) in [5.74, 6) is 1.38. The Morgan fingerprint density at radius 1 is 1.56 bits per heavy atom. The van der Waals surface area contributed by atoms with Crippen molar-refractivity contribution in [3.05, 3.63) is 24.0 Å². The first kappa shape index (κ1) is 13.0. The lowest BCUT2D eigenvalue weighted by Gasteiger charge is -2.17. The van der Waals surface area contributed by atoms with E-state index in [9.17, 15) is 4.79 Å². The Kier molecular flexibility index (Phi) is 6.58. The van der Waals surface area contributed by atoms with Crippen molar-refractivity contribution in [1.29, 1.82) is 0 Å². The number of allylic oxidation sites excluding steroid dienone is 3. The van der Waals surface area contributed by atoms with Crippen LogP contribution in [0.3, 0.4) is 0 Å². The van der Waals surface area contributed by atoms with Crippen LogP contribution >= 0.6 is 0 Å². The van der Waals surface area contributed by atoms with E-state index in [0.29, 0.717) is 18.9 Å². The molecule has 3 nitrogen and oxygen atoms in total. The number of ether oxygens (including phenoxy) is 1. The third-order valence-electron chi connectivity index (χ3n) is 2.63. The third-order valence-corrected chi connectivity index (χ3v) is 2.63. The van der Waals surface area contributed by atoms with E-state index in [2.05, 4.69) is 17.5 Å². The number of hydrogen-bond donors (Lipinski definition) is 1. The summed E-state index contributed by atoms with van der Waals surface area (Å²) in [4.78, 5) is 10.3. The van der Waals surface area contributed by atoms with Crippen LogP contribution in [0.15, 0.2) is 24.0 Å². The molecule has 1 atom stereocenters. The Morgan fingerprint density at radius 2 is 2.44 bits per heavy atom. The summed E-state index contributed by atoms with van der Waals surface area (Å²) in [7, 11) is 1.92. The molecule has 0 aromatic rings. The van der Waals surface area contributed by atoms with Crippen LogP contribution in [-0.4, -0.2) is 26.5 Å². The standard InChI is InChI=1S/C13H21NO2/c1-14-10-12(6-5-9-15)11-16-13-7-3-2-4-8-13/h3,7-9,12,14H,2,4-6,10-11H2,1H3. The lowest BCUT2D eigenvalue weighted by atomic mass is 10.0. The summed E-state index contributed by atoms with van der Waals surface area (Å²) in [5.41, 5.74) is 0. The lowest BCUT2D eigenvalue weighted by molar-refractivity contribution is -0.108. The molecule has 1 aliphatic carbocycles. The van der Waals surface area contributed by atoms with Crippen LogP contribution in [0.25, 0.3) is 0 Å². The van der Waals surface area contributed by atoms with Gasteiger partial charge in [0.2, 0.25) is 0 Å². The molecular weight excluding hydrogens is 202 g/mol. The molecule has 0 spiro atoms. The van der Waals surface area contributed by atoms with E-state index in [0.717, 1.165) is 37.9 Å². The maximum atomic E-state index is 10.3. The van der Waals surface area contributed by atoms with E-state index in [-0.39, 0.29) is 0 Å². The molecule has 1 aliphatic rings. The molecule has 0 aromatic heterocycles. The zero-order valence-electron chi connectivity index (χ0n) is 9.95. The molecule has 0 radical (unpaired) electrons. The summed E-state index contributed by atoms with van der Waals surface area (Å²) in [5, 5.41) is 3.13. The SMILES string of the molecule is CNCC(CCC=O)COC1=CCCC=C1. The molecule has 0 fully saturated rings. The van der Waals surface area contributed by atoms with Gasteiger partial charge in [-0.1, -0.05) is 6.08 Å². The monoisotopic (exact) mass is 223 g/mol. The fraction of sp³-hybridized carbons (Fsp3) is 0.615. The average Bonchev–Trinajstić information content (AvgIpc) is 2.34. The van der Waals surface area contributed by atoms with Crippen molar-refractivity contribution < 1.29 is 9.53 Å². The maximum absolute atomic E-state index is 10.3. The van der Waals surface area contributed by atoms with Gasteiger partial charge in [-0.2, -0.15) is 0 Å². The number of carbonyl (C=O) groups is 1. The minimum Gasteiger partial charge on any atom is -0.494 e. The van der Waals surface area contributed by atoms with Gasteiger partial charge in [-0.05, 0) is 38.5 Å². The number of aldehydes is 1. The second kappa shape index (κ2) is 8.11. The molecule has 0 bridgehead atoms. The first-order valence-electron chi connectivity index (χ1n) is 5.94. The van der Waals surface area contributed by atoms with Gasteiger partial charge in [-0.25, -0.2) is 0 Å². The highest BCUT2D eigenvalue weighted by Crippen LogP contribution is 2.13. The Labute approximate surface area is 97.6 Å². The van der Waals surface area contributed by atoms with Gasteiger partial charge in [-0.3, -0.25) is 0 Å². The van der Waals surface area contributed by atoms with Crippen LogP contribution in [0.5, 0.6) is 0 Å². The summed E-state index contributed by atoms with van der Waals surface area (Å²) in [6.07, 6.45) is 10.9. The molecule has 3 heteroatoms. The Balaban J connectivity index is 2.27. The van der Waals surface area contributed by atoms with E-state index in [1.54, 1.807) is 0 Å². The molecular formula is C13H21NO2. The topological polar surface area (TPSA) is 38.3 Å². The largest absolute Gasteiger partial charge is 0.494 e. The number of rotatable bonds is 8. The highest BCUT2D eigenvalue weighted by Gasteiger charge is 2.09. The van der Waals surface area contributed by atoms with Gasteiger partial charge >= 0.3 is 0 Å². The molecule has 1 unspecified atom stereocenters. The zero-order chi connectivity index (χ0) is 11.6. The highest BCUT2D eigenvalue weighted by atomic mass is 16.5. The predicted molar refractivity (Wildman–Crippen MR) is 65.1 cm³/mol. The van der Waals surface area contributed by atoms with E-state index >= 15 is 0 Å². The van der Waals surface area contributed by atoms with Crippen molar-refractivity contribution >= 4 is 6.29 Å².